The number of hydrogen-bond acceptors (Lipinski definition) is 5. The number of sulfonamides is 1. The molecule has 21 heavy (non-hydrogen) atoms. The van der Waals surface area contributed by atoms with Gasteiger partial charge in [0.2, 0.25) is 10.0 Å². The van der Waals surface area contributed by atoms with Crippen LogP contribution in [0.2, 0.25) is 0 Å². The molecule has 6 nitrogen and oxygen atoms in total. The van der Waals surface area contributed by atoms with Crippen molar-refractivity contribution in [2.45, 2.75) is 32.1 Å². The molecular weight excluding hydrogens is 290 g/mol. The molecule has 0 aliphatic heterocycles. The Morgan fingerprint density at radius 3 is 2.71 bits per heavy atom. The van der Waals surface area contributed by atoms with Crippen molar-refractivity contribution in [1.82, 2.24) is 0 Å². The maximum Gasteiger partial charge on any atom is 0.213 e. The van der Waals surface area contributed by atoms with Gasteiger partial charge in [-0.05, 0) is 44.0 Å². The number of primary sulfonamides is 1. The van der Waals surface area contributed by atoms with Crippen LogP contribution >= 0.6 is 0 Å². The SMILES string of the molecule is CC(C)OCCCNc1ccc(C#N)cc1CS(N)(=O)=O. The van der Waals surface area contributed by atoms with Crippen LogP contribution in [0, 0.1) is 11.3 Å². The standard InChI is InChI=1S/C14H21N3O3S/c1-11(2)20-7-3-6-17-14-5-4-12(9-15)8-13(14)10-21(16,18)19/h4-5,8,11,17H,3,6-7,10H2,1-2H3,(H2,16,18,19). The van der Waals surface area contributed by atoms with Gasteiger partial charge in [0.1, 0.15) is 0 Å². The van der Waals surface area contributed by atoms with E-state index < -0.39 is 10.0 Å². The highest BCUT2D eigenvalue weighted by molar-refractivity contribution is 7.88. The Labute approximate surface area is 126 Å². The highest BCUT2D eigenvalue weighted by atomic mass is 32.2. The van der Waals surface area contributed by atoms with E-state index in [0.29, 0.717) is 30.0 Å². The average Bonchev–Trinajstić information content (AvgIpc) is 2.37. The normalized spacial score (nSPS) is 11.4. The second kappa shape index (κ2) is 7.98. The highest BCUT2D eigenvalue weighted by Gasteiger charge is 2.11. The summed E-state index contributed by atoms with van der Waals surface area (Å²) in [7, 11) is -3.65. The first-order valence-corrected chi connectivity index (χ1v) is 8.42. The van der Waals surface area contributed by atoms with Crippen LogP contribution in [-0.2, 0) is 20.5 Å². The van der Waals surface area contributed by atoms with Crippen molar-refractivity contribution in [3.8, 4) is 6.07 Å². The molecule has 1 rings (SSSR count). The van der Waals surface area contributed by atoms with Gasteiger partial charge in [0.05, 0.1) is 23.5 Å². The minimum Gasteiger partial charge on any atom is -0.385 e. The fourth-order valence-electron chi connectivity index (χ4n) is 1.79. The lowest BCUT2D eigenvalue weighted by molar-refractivity contribution is 0.0787. The second-order valence-electron chi connectivity index (χ2n) is 4.99. The van der Waals surface area contributed by atoms with Gasteiger partial charge in [-0.25, -0.2) is 13.6 Å². The Kier molecular flexibility index (Phi) is 6.62. The van der Waals surface area contributed by atoms with Crippen molar-refractivity contribution in [2.75, 3.05) is 18.5 Å². The topological polar surface area (TPSA) is 105 Å². The van der Waals surface area contributed by atoms with Crippen LogP contribution in [0.3, 0.4) is 0 Å². The Balaban J connectivity index is 2.70. The van der Waals surface area contributed by atoms with Gasteiger partial charge in [0.15, 0.2) is 0 Å². The van der Waals surface area contributed by atoms with E-state index in [2.05, 4.69) is 5.32 Å². The number of nitrogens with two attached hydrogens (primary N) is 1. The van der Waals surface area contributed by atoms with Crippen molar-refractivity contribution < 1.29 is 13.2 Å². The van der Waals surface area contributed by atoms with Gasteiger partial charge in [-0.2, -0.15) is 5.26 Å². The summed E-state index contributed by atoms with van der Waals surface area (Å²) in [5, 5.41) is 17.1. The lowest BCUT2D eigenvalue weighted by Crippen LogP contribution is -2.16. The van der Waals surface area contributed by atoms with Gasteiger partial charge in [-0.1, -0.05) is 0 Å². The third-order valence-corrected chi connectivity index (χ3v) is 3.39. The molecular formula is C14H21N3O3S. The molecule has 0 bridgehead atoms. The first-order chi connectivity index (χ1) is 9.81. The maximum absolute atomic E-state index is 11.3. The highest BCUT2D eigenvalue weighted by Crippen LogP contribution is 2.19. The molecule has 116 valence electrons. The minimum atomic E-state index is -3.65. The molecule has 0 saturated heterocycles. The lowest BCUT2D eigenvalue weighted by atomic mass is 10.1. The predicted octanol–water partition coefficient (Wildman–Crippen LogP) is 1.57. The van der Waals surface area contributed by atoms with E-state index in [1.807, 2.05) is 19.9 Å². The molecule has 1 aromatic carbocycles. The molecule has 0 spiro atoms. The molecule has 0 unspecified atom stereocenters. The Morgan fingerprint density at radius 1 is 1.43 bits per heavy atom. The number of nitrogens with one attached hydrogen (secondary N) is 1. The van der Waals surface area contributed by atoms with Crippen LogP contribution in [0.1, 0.15) is 31.4 Å². The number of ether oxygens (including phenoxy) is 1. The van der Waals surface area contributed by atoms with Crippen LogP contribution in [0.25, 0.3) is 0 Å². The van der Waals surface area contributed by atoms with E-state index in [4.69, 9.17) is 15.1 Å². The Bertz CT molecular complexity index is 606. The van der Waals surface area contributed by atoms with Gasteiger partial charge in [-0.3, -0.25) is 0 Å². The van der Waals surface area contributed by atoms with Crippen molar-refractivity contribution in [3.63, 3.8) is 0 Å². The third kappa shape index (κ3) is 7.09. The van der Waals surface area contributed by atoms with Crippen LogP contribution in [0.5, 0.6) is 0 Å². The van der Waals surface area contributed by atoms with E-state index >= 15 is 0 Å². The molecule has 0 amide bonds. The molecule has 0 aromatic heterocycles. The monoisotopic (exact) mass is 311 g/mol. The number of rotatable bonds is 8. The maximum atomic E-state index is 11.3. The molecule has 0 radical (unpaired) electrons. The number of nitrogens with zero attached hydrogens (tertiary/aromatic N) is 1. The first-order valence-electron chi connectivity index (χ1n) is 6.71. The molecule has 0 saturated carbocycles. The zero-order valence-electron chi connectivity index (χ0n) is 12.3. The summed E-state index contributed by atoms with van der Waals surface area (Å²) >= 11 is 0. The van der Waals surface area contributed by atoms with Gasteiger partial charge in [0.25, 0.3) is 0 Å². The summed E-state index contributed by atoms with van der Waals surface area (Å²) in [5.74, 6) is -0.298. The van der Waals surface area contributed by atoms with Gasteiger partial charge in [-0.15, -0.1) is 0 Å². The number of benzene rings is 1. The lowest BCUT2D eigenvalue weighted by Gasteiger charge is -2.12. The molecule has 1 aromatic rings. The smallest absolute Gasteiger partial charge is 0.213 e. The molecule has 0 heterocycles. The van der Waals surface area contributed by atoms with Crippen LogP contribution < -0.4 is 10.5 Å². The van der Waals surface area contributed by atoms with Crippen LogP contribution in [-0.4, -0.2) is 27.7 Å². The van der Waals surface area contributed by atoms with Crippen molar-refractivity contribution in [1.29, 1.82) is 5.26 Å². The van der Waals surface area contributed by atoms with Crippen molar-refractivity contribution in [2.24, 2.45) is 5.14 Å². The quantitative estimate of drug-likeness (QED) is 0.709. The van der Waals surface area contributed by atoms with Gasteiger partial charge < -0.3 is 10.1 Å². The number of nitriles is 1. The minimum absolute atomic E-state index is 0.192. The summed E-state index contributed by atoms with van der Waals surface area (Å²) in [6.07, 6.45) is 0.991. The van der Waals surface area contributed by atoms with E-state index in [0.717, 1.165) is 6.42 Å². The predicted molar refractivity (Wildman–Crippen MR) is 82.2 cm³/mol. The van der Waals surface area contributed by atoms with Crippen LogP contribution in [0.15, 0.2) is 18.2 Å². The Morgan fingerprint density at radius 2 is 2.14 bits per heavy atom. The molecule has 3 N–H and O–H groups in total. The third-order valence-electron chi connectivity index (χ3n) is 2.68. The number of anilines is 1. The average molecular weight is 311 g/mol. The summed E-state index contributed by atoms with van der Waals surface area (Å²) in [4.78, 5) is 0. The second-order valence-corrected chi connectivity index (χ2v) is 6.61. The first kappa shape index (κ1) is 17.4. The summed E-state index contributed by atoms with van der Waals surface area (Å²) in [5.41, 5.74) is 1.58. The molecule has 0 atom stereocenters. The molecule has 7 heteroatoms. The zero-order chi connectivity index (χ0) is 15.9. The van der Waals surface area contributed by atoms with E-state index in [1.165, 1.54) is 6.07 Å². The zero-order valence-corrected chi connectivity index (χ0v) is 13.1. The van der Waals surface area contributed by atoms with Gasteiger partial charge in [0, 0.05) is 18.8 Å². The Hall–Kier alpha value is -1.62. The summed E-state index contributed by atoms with van der Waals surface area (Å²) in [6.45, 7) is 5.22. The van der Waals surface area contributed by atoms with E-state index in [-0.39, 0.29) is 11.9 Å². The fourth-order valence-corrected chi connectivity index (χ4v) is 2.46. The van der Waals surface area contributed by atoms with E-state index in [1.54, 1.807) is 12.1 Å². The molecule has 0 fully saturated rings. The molecule has 0 aliphatic rings. The fraction of sp³-hybridized carbons (Fsp3) is 0.500. The summed E-state index contributed by atoms with van der Waals surface area (Å²) < 4.78 is 27.9. The molecule has 0 aliphatic carbocycles. The van der Waals surface area contributed by atoms with Crippen molar-refractivity contribution >= 4 is 15.7 Å². The van der Waals surface area contributed by atoms with Crippen molar-refractivity contribution in [3.05, 3.63) is 29.3 Å². The summed E-state index contributed by atoms with van der Waals surface area (Å²) in [6, 6.07) is 6.86. The largest absolute Gasteiger partial charge is 0.385 e. The number of hydrogen-bond donors (Lipinski definition) is 2. The van der Waals surface area contributed by atoms with Gasteiger partial charge >= 0.3 is 0 Å². The van der Waals surface area contributed by atoms with E-state index in [9.17, 15) is 8.42 Å². The van der Waals surface area contributed by atoms with Crippen LogP contribution in [0.4, 0.5) is 5.69 Å².